The maximum Gasteiger partial charge on any atom is 0.282 e. The highest BCUT2D eigenvalue weighted by Gasteiger charge is 2.19. The van der Waals surface area contributed by atoms with Crippen LogP contribution in [0.3, 0.4) is 0 Å². The summed E-state index contributed by atoms with van der Waals surface area (Å²) < 4.78 is 16.6. The Morgan fingerprint density at radius 3 is 2.77 bits per heavy atom. The van der Waals surface area contributed by atoms with Crippen molar-refractivity contribution in [3.63, 3.8) is 0 Å². The second-order valence-corrected chi connectivity index (χ2v) is 7.70. The first kappa shape index (κ1) is 20.2. The van der Waals surface area contributed by atoms with Crippen molar-refractivity contribution in [2.45, 2.75) is 6.54 Å². The van der Waals surface area contributed by atoms with Gasteiger partial charge < -0.3 is 19.5 Å². The molecule has 1 aliphatic rings. The standard InChI is InChI=1S/C21H18ClN3O4S/c1-27-16-10-14(11-17-18(16)29-8-7-28-17)9-15(22)20-24-25-21(30-20)19(26)23-12-13-5-3-2-4-6-13/h2-6,9-11H,7-8,12H2,1H3,(H,23,26)/b15-9-. The van der Waals surface area contributed by atoms with E-state index in [2.05, 4.69) is 15.5 Å². The number of aromatic nitrogens is 2. The van der Waals surface area contributed by atoms with Gasteiger partial charge in [0.1, 0.15) is 13.2 Å². The molecule has 1 aliphatic heterocycles. The summed E-state index contributed by atoms with van der Waals surface area (Å²) in [6.45, 7) is 1.35. The van der Waals surface area contributed by atoms with Gasteiger partial charge in [0.25, 0.3) is 5.91 Å². The quantitative estimate of drug-likeness (QED) is 0.620. The van der Waals surface area contributed by atoms with E-state index in [0.29, 0.717) is 47.0 Å². The van der Waals surface area contributed by atoms with E-state index in [-0.39, 0.29) is 10.9 Å². The van der Waals surface area contributed by atoms with Crippen LogP contribution < -0.4 is 19.5 Å². The van der Waals surface area contributed by atoms with Gasteiger partial charge in [-0.25, -0.2) is 0 Å². The maximum absolute atomic E-state index is 12.3. The minimum Gasteiger partial charge on any atom is -0.493 e. The number of halogens is 1. The summed E-state index contributed by atoms with van der Waals surface area (Å²) in [7, 11) is 1.56. The van der Waals surface area contributed by atoms with Gasteiger partial charge in [0, 0.05) is 6.54 Å². The van der Waals surface area contributed by atoms with Crippen LogP contribution in [0.1, 0.15) is 25.9 Å². The number of nitrogens with zero attached hydrogens (tertiary/aromatic N) is 2. The fraction of sp³-hybridized carbons (Fsp3) is 0.190. The predicted octanol–water partition coefficient (Wildman–Crippen LogP) is 3.98. The molecule has 0 saturated heterocycles. The number of methoxy groups -OCH3 is 1. The van der Waals surface area contributed by atoms with Crippen molar-refractivity contribution in [3.8, 4) is 17.2 Å². The maximum atomic E-state index is 12.3. The predicted molar refractivity (Wildman–Crippen MR) is 115 cm³/mol. The van der Waals surface area contributed by atoms with Crippen LogP contribution in [0, 0.1) is 0 Å². The molecule has 1 amide bonds. The molecule has 7 nitrogen and oxygen atoms in total. The SMILES string of the molecule is COc1cc(/C=C(\Cl)c2nnc(C(=O)NCc3ccccc3)s2)cc2c1OCCO2. The molecule has 4 rings (SSSR count). The van der Waals surface area contributed by atoms with E-state index in [1.807, 2.05) is 36.4 Å². The van der Waals surface area contributed by atoms with E-state index in [1.165, 1.54) is 0 Å². The van der Waals surface area contributed by atoms with Gasteiger partial charge in [-0.3, -0.25) is 4.79 Å². The molecule has 2 aromatic carbocycles. The molecule has 154 valence electrons. The van der Waals surface area contributed by atoms with Crippen molar-refractivity contribution in [2.75, 3.05) is 20.3 Å². The molecule has 0 atom stereocenters. The molecular weight excluding hydrogens is 426 g/mol. The number of rotatable bonds is 6. The van der Waals surface area contributed by atoms with E-state index in [0.717, 1.165) is 22.5 Å². The molecule has 3 aromatic rings. The lowest BCUT2D eigenvalue weighted by atomic mass is 10.1. The van der Waals surface area contributed by atoms with Crippen molar-refractivity contribution in [1.82, 2.24) is 15.5 Å². The summed E-state index contributed by atoms with van der Waals surface area (Å²) in [6.07, 6.45) is 1.72. The van der Waals surface area contributed by atoms with Crippen LogP contribution in [-0.4, -0.2) is 36.4 Å². The Balaban J connectivity index is 1.49. The van der Waals surface area contributed by atoms with Crippen LogP contribution in [0.2, 0.25) is 0 Å². The van der Waals surface area contributed by atoms with E-state index in [9.17, 15) is 4.79 Å². The van der Waals surface area contributed by atoms with Crippen LogP contribution in [0.25, 0.3) is 11.1 Å². The summed E-state index contributed by atoms with van der Waals surface area (Å²) in [5.41, 5.74) is 1.76. The molecule has 0 saturated carbocycles. The van der Waals surface area contributed by atoms with E-state index in [4.69, 9.17) is 25.8 Å². The summed E-state index contributed by atoms with van der Waals surface area (Å²) in [4.78, 5) is 12.3. The second-order valence-electron chi connectivity index (χ2n) is 6.32. The number of benzene rings is 2. The van der Waals surface area contributed by atoms with Gasteiger partial charge in [0.15, 0.2) is 16.5 Å². The van der Waals surface area contributed by atoms with Crippen molar-refractivity contribution in [1.29, 1.82) is 0 Å². The third kappa shape index (κ3) is 4.55. The van der Waals surface area contributed by atoms with Crippen LogP contribution in [-0.2, 0) is 6.54 Å². The van der Waals surface area contributed by atoms with Crippen molar-refractivity contribution in [3.05, 3.63) is 63.6 Å². The summed E-state index contributed by atoms with van der Waals surface area (Å²) in [6, 6.07) is 13.2. The van der Waals surface area contributed by atoms with E-state index >= 15 is 0 Å². The Morgan fingerprint density at radius 1 is 1.20 bits per heavy atom. The lowest BCUT2D eigenvalue weighted by molar-refractivity contribution is 0.0950. The number of hydrogen-bond acceptors (Lipinski definition) is 7. The van der Waals surface area contributed by atoms with Gasteiger partial charge in [0.2, 0.25) is 10.8 Å². The molecule has 0 unspecified atom stereocenters. The average molecular weight is 444 g/mol. The number of amides is 1. The number of hydrogen-bond donors (Lipinski definition) is 1. The number of carbonyl (C=O) groups excluding carboxylic acids is 1. The van der Waals surface area contributed by atoms with Gasteiger partial charge in [-0.1, -0.05) is 53.3 Å². The molecule has 1 aromatic heterocycles. The zero-order valence-electron chi connectivity index (χ0n) is 16.1. The van der Waals surface area contributed by atoms with E-state index in [1.54, 1.807) is 19.3 Å². The zero-order chi connectivity index (χ0) is 20.9. The highest BCUT2D eigenvalue weighted by atomic mass is 35.5. The fourth-order valence-corrected chi connectivity index (χ4v) is 3.80. The van der Waals surface area contributed by atoms with Crippen LogP contribution >= 0.6 is 22.9 Å². The lowest BCUT2D eigenvalue weighted by Crippen LogP contribution is -2.22. The Labute approximate surface area is 182 Å². The van der Waals surface area contributed by atoms with Gasteiger partial charge in [0.05, 0.1) is 12.1 Å². The Hall–Kier alpha value is -3.10. The van der Waals surface area contributed by atoms with Gasteiger partial charge in [-0.2, -0.15) is 0 Å². The average Bonchev–Trinajstić information content (AvgIpc) is 3.28. The molecule has 9 heteroatoms. The second kappa shape index (κ2) is 9.15. The highest BCUT2D eigenvalue weighted by molar-refractivity contribution is 7.15. The van der Waals surface area contributed by atoms with Crippen molar-refractivity contribution >= 4 is 40.0 Å². The van der Waals surface area contributed by atoms with Crippen LogP contribution in [0.15, 0.2) is 42.5 Å². The van der Waals surface area contributed by atoms with Crippen LogP contribution in [0.5, 0.6) is 17.2 Å². The molecule has 2 heterocycles. The molecular formula is C21H18ClN3O4S. The highest BCUT2D eigenvalue weighted by Crippen LogP contribution is 2.41. The molecule has 0 bridgehead atoms. The third-order valence-electron chi connectivity index (χ3n) is 4.26. The largest absolute Gasteiger partial charge is 0.493 e. The monoisotopic (exact) mass is 443 g/mol. The third-order valence-corrected chi connectivity index (χ3v) is 5.62. The number of ether oxygens (including phenoxy) is 3. The minimum atomic E-state index is -0.298. The van der Waals surface area contributed by atoms with E-state index < -0.39 is 0 Å². The Morgan fingerprint density at radius 2 is 1.97 bits per heavy atom. The molecule has 0 fully saturated rings. The number of nitrogens with one attached hydrogen (secondary N) is 1. The zero-order valence-corrected chi connectivity index (χ0v) is 17.6. The number of fused-ring (bicyclic) bond motifs is 1. The summed E-state index contributed by atoms with van der Waals surface area (Å²) in [5, 5.41) is 11.9. The smallest absolute Gasteiger partial charge is 0.282 e. The topological polar surface area (TPSA) is 82.6 Å². The summed E-state index contributed by atoms with van der Waals surface area (Å²) in [5.74, 6) is 1.43. The first-order valence-corrected chi connectivity index (χ1v) is 10.3. The van der Waals surface area contributed by atoms with Gasteiger partial charge >= 0.3 is 0 Å². The fourth-order valence-electron chi connectivity index (χ4n) is 2.85. The molecule has 0 radical (unpaired) electrons. The lowest BCUT2D eigenvalue weighted by Gasteiger charge is -2.21. The van der Waals surface area contributed by atoms with Crippen molar-refractivity contribution < 1.29 is 19.0 Å². The summed E-state index contributed by atoms with van der Waals surface area (Å²) >= 11 is 7.56. The van der Waals surface area contributed by atoms with Crippen LogP contribution in [0.4, 0.5) is 0 Å². The van der Waals surface area contributed by atoms with Gasteiger partial charge in [-0.15, -0.1) is 10.2 Å². The molecule has 30 heavy (non-hydrogen) atoms. The first-order valence-electron chi connectivity index (χ1n) is 9.15. The minimum absolute atomic E-state index is 0.243. The van der Waals surface area contributed by atoms with Gasteiger partial charge in [-0.05, 0) is 29.3 Å². The number of carbonyl (C=O) groups is 1. The Kier molecular flexibility index (Phi) is 6.15. The van der Waals surface area contributed by atoms with Crippen molar-refractivity contribution in [2.24, 2.45) is 0 Å². The normalized spacial score (nSPS) is 13.1. The Bertz CT molecular complexity index is 1070. The molecule has 0 aliphatic carbocycles. The molecule has 0 spiro atoms. The molecule has 1 N–H and O–H groups in total. The first-order chi connectivity index (χ1) is 14.6.